The molecule has 0 aromatic carbocycles. The van der Waals surface area contributed by atoms with Gasteiger partial charge in [-0.25, -0.2) is 9.59 Å². The summed E-state index contributed by atoms with van der Waals surface area (Å²) >= 11 is 1.86. The summed E-state index contributed by atoms with van der Waals surface area (Å²) in [6, 6.07) is -1.07. The van der Waals surface area contributed by atoms with Gasteiger partial charge in [0.05, 0.1) is 0 Å². The maximum atomic E-state index is 12.2. The lowest BCUT2D eigenvalue weighted by molar-refractivity contribution is -0.140. The Hall–Kier alpha value is -0.910. The quantitative estimate of drug-likeness (QED) is 0.830. The van der Waals surface area contributed by atoms with Crippen molar-refractivity contribution in [2.45, 2.75) is 50.7 Å². The zero-order chi connectivity index (χ0) is 14.6. The van der Waals surface area contributed by atoms with E-state index in [0.29, 0.717) is 23.6 Å². The molecule has 1 fully saturated rings. The van der Waals surface area contributed by atoms with Crippen LogP contribution in [0.15, 0.2) is 0 Å². The van der Waals surface area contributed by atoms with E-state index in [2.05, 4.69) is 19.2 Å². The van der Waals surface area contributed by atoms with E-state index in [1.807, 2.05) is 25.6 Å². The molecular formula is C13H24N2O3S. The van der Waals surface area contributed by atoms with Crippen LogP contribution in [0.3, 0.4) is 0 Å². The number of carboxylic acid groups (broad SMARTS) is 1. The minimum atomic E-state index is -0.963. The fraction of sp³-hybridized carbons (Fsp3) is 0.846. The molecule has 0 spiro atoms. The molecule has 19 heavy (non-hydrogen) atoms. The first-order valence-corrected chi connectivity index (χ1v) is 7.73. The molecule has 5 nitrogen and oxygen atoms in total. The van der Waals surface area contributed by atoms with Crippen LogP contribution in [0.5, 0.6) is 0 Å². The van der Waals surface area contributed by atoms with Crippen LogP contribution < -0.4 is 5.32 Å². The van der Waals surface area contributed by atoms with Crippen LogP contribution in [0, 0.1) is 5.92 Å². The molecule has 0 saturated carbocycles. The summed E-state index contributed by atoms with van der Waals surface area (Å²) in [5.41, 5.74) is 0. The lowest BCUT2D eigenvalue weighted by Crippen LogP contribution is -2.54. The number of carboxylic acids is 1. The Morgan fingerprint density at radius 2 is 1.89 bits per heavy atom. The third-order valence-corrected chi connectivity index (χ3v) is 4.69. The molecule has 0 radical (unpaired) electrons. The number of carbonyl (C=O) groups excluding carboxylic acids is 1. The first kappa shape index (κ1) is 16.1. The Bertz CT molecular complexity index is 328. The molecule has 0 bridgehead atoms. The first-order valence-electron chi connectivity index (χ1n) is 6.78. The molecule has 110 valence electrons. The molecule has 6 heteroatoms. The molecule has 1 rings (SSSR count). The molecule has 4 atom stereocenters. The summed E-state index contributed by atoms with van der Waals surface area (Å²) in [7, 11) is 0. The van der Waals surface area contributed by atoms with Gasteiger partial charge in [0.2, 0.25) is 0 Å². The fourth-order valence-corrected chi connectivity index (χ4v) is 3.58. The van der Waals surface area contributed by atoms with Gasteiger partial charge in [0.1, 0.15) is 6.04 Å². The molecule has 4 unspecified atom stereocenters. The molecule has 1 heterocycles. The summed E-state index contributed by atoms with van der Waals surface area (Å²) in [5.74, 6) is -1.04. The number of nitrogens with zero attached hydrogens (tertiary/aromatic N) is 1. The zero-order valence-corrected chi connectivity index (χ0v) is 12.9. The van der Waals surface area contributed by atoms with Crippen molar-refractivity contribution in [3.63, 3.8) is 0 Å². The largest absolute Gasteiger partial charge is 0.480 e. The van der Waals surface area contributed by atoms with E-state index in [-0.39, 0.29) is 11.9 Å². The van der Waals surface area contributed by atoms with Gasteiger partial charge in [-0.15, -0.1) is 0 Å². The smallest absolute Gasteiger partial charge is 0.326 e. The molecule has 0 aliphatic carbocycles. The summed E-state index contributed by atoms with van der Waals surface area (Å²) < 4.78 is 0. The molecule has 2 N–H and O–H groups in total. The normalized spacial score (nSPS) is 26.6. The number of amides is 2. The van der Waals surface area contributed by atoms with Crippen molar-refractivity contribution >= 4 is 23.8 Å². The predicted octanol–water partition coefficient (Wildman–Crippen LogP) is 2.02. The van der Waals surface area contributed by atoms with Crippen molar-refractivity contribution in [3.05, 3.63) is 0 Å². The van der Waals surface area contributed by atoms with Crippen LogP contribution in [0.25, 0.3) is 0 Å². The molecule has 0 aromatic rings. The van der Waals surface area contributed by atoms with E-state index < -0.39 is 12.0 Å². The van der Waals surface area contributed by atoms with Crippen LogP contribution in [-0.2, 0) is 4.79 Å². The molecule has 0 aromatic heterocycles. The average Bonchev–Trinajstić information content (AvgIpc) is 2.33. The van der Waals surface area contributed by atoms with Crippen molar-refractivity contribution in [2.24, 2.45) is 5.92 Å². The summed E-state index contributed by atoms with van der Waals surface area (Å²) in [5, 5.41) is 12.6. The maximum absolute atomic E-state index is 12.2. The lowest BCUT2D eigenvalue weighted by atomic mass is 9.99. The van der Waals surface area contributed by atoms with Gasteiger partial charge in [-0.05, 0) is 5.92 Å². The Kier molecular flexibility index (Phi) is 5.97. The summed E-state index contributed by atoms with van der Waals surface area (Å²) in [4.78, 5) is 25.1. The van der Waals surface area contributed by atoms with Gasteiger partial charge in [-0.3, -0.25) is 0 Å². The van der Waals surface area contributed by atoms with Crippen LogP contribution in [0.2, 0.25) is 0 Å². The minimum Gasteiger partial charge on any atom is -0.480 e. The third kappa shape index (κ3) is 4.60. The monoisotopic (exact) mass is 288 g/mol. The van der Waals surface area contributed by atoms with E-state index in [1.165, 1.54) is 0 Å². The first-order chi connectivity index (χ1) is 8.85. The second-order valence-electron chi connectivity index (χ2n) is 5.31. The lowest BCUT2D eigenvalue weighted by Gasteiger charge is -2.35. The molecular weight excluding hydrogens is 264 g/mol. The number of aliphatic carboxylic acids is 1. The van der Waals surface area contributed by atoms with E-state index in [1.54, 1.807) is 4.90 Å². The van der Waals surface area contributed by atoms with E-state index in [4.69, 9.17) is 0 Å². The maximum Gasteiger partial charge on any atom is 0.326 e. The number of urea groups is 1. The second kappa shape index (κ2) is 7.03. The van der Waals surface area contributed by atoms with E-state index in [9.17, 15) is 14.7 Å². The van der Waals surface area contributed by atoms with Gasteiger partial charge in [-0.2, -0.15) is 11.8 Å². The molecule has 1 saturated heterocycles. The number of carbonyl (C=O) groups is 2. The Balaban J connectivity index is 2.63. The standard InChI is InChI=1S/C13H24N2O3S/c1-5-8(2)11(12(16)17)14-13(18)15-6-9(3)19-10(4)7-15/h8-11H,5-7H2,1-4H3,(H,14,18)(H,16,17). The van der Waals surface area contributed by atoms with Crippen molar-refractivity contribution in [3.8, 4) is 0 Å². The van der Waals surface area contributed by atoms with Crippen LogP contribution in [0.1, 0.15) is 34.1 Å². The summed E-state index contributed by atoms with van der Waals surface area (Å²) in [6.45, 7) is 9.29. The van der Waals surface area contributed by atoms with Crippen molar-refractivity contribution in [1.29, 1.82) is 0 Å². The highest BCUT2D eigenvalue weighted by Gasteiger charge is 2.30. The van der Waals surface area contributed by atoms with Crippen LogP contribution >= 0.6 is 11.8 Å². The molecule has 1 aliphatic heterocycles. The number of rotatable bonds is 4. The zero-order valence-electron chi connectivity index (χ0n) is 12.0. The highest BCUT2D eigenvalue weighted by Crippen LogP contribution is 2.24. The Morgan fingerprint density at radius 1 is 1.37 bits per heavy atom. The topological polar surface area (TPSA) is 69.6 Å². The van der Waals surface area contributed by atoms with Gasteiger partial charge in [0.15, 0.2) is 0 Å². The minimum absolute atomic E-state index is 0.0736. The number of nitrogens with one attached hydrogen (secondary N) is 1. The fourth-order valence-electron chi connectivity index (χ4n) is 2.25. The van der Waals surface area contributed by atoms with Gasteiger partial charge < -0.3 is 15.3 Å². The number of hydrogen-bond acceptors (Lipinski definition) is 3. The number of thioether (sulfide) groups is 1. The van der Waals surface area contributed by atoms with Crippen molar-refractivity contribution in [2.75, 3.05) is 13.1 Å². The molecule has 1 aliphatic rings. The van der Waals surface area contributed by atoms with Gasteiger partial charge in [-0.1, -0.05) is 34.1 Å². The van der Waals surface area contributed by atoms with E-state index in [0.717, 1.165) is 6.42 Å². The Morgan fingerprint density at radius 3 is 2.32 bits per heavy atom. The van der Waals surface area contributed by atoms with Crippen LogP contribution in [0.4, 0.5) is 4.79 Å². The number of hydrogen-bond donors (Lipinski definition) is 2. The highest BCUT2D eigenvalue weighted by atomic mass is 32.2. The highest BCUT2D eigenvalue weighted by molar-refractivity contribution is 8.00. The Labute approximate surface area is 119 Å². The second-order valence-corrected chi connectivity index (χ2v) is 7.19. The van der Waals surface area contributed by atoms with Gasteiger partial charge >= 0.3 is 12.0 Å². The van der Waals surface area contributed by atoms with Crippen molar-refractivity contribution in [1.82, 2.24) is 10.2 Å². The average molecular weight is 288 g/mol. The van der Waals surface area contributed by atoms with Gasteiger partial charge in [0, 0.05) is 23.6 Å². The van der Waals surface area contributed by atoms with Crippen LogP contribution in [-0.4, -0.2) is 51.6 Å². The van der Waals surface area contributed by atoms with Crippen molar-refractivity contribution < 1.29 is 14.7 Å². The predicted molar refractivity (Wildman–Crippen MR) is 77.5 cm³/mol. The SMILES string of the molecule is CCC(C)C(NC(=O)N1CC(C)SC(C)C1)C(=O)O. The van der Waals surface area contributed by atoms with E-state index >= 15 is 0 Å². The molecule has 2 amide bonds. The third-order valence-electron chi connectivity index (χ3n) is 3.46. The van der Waals surface area contributed by atoms with Gasteiger partial charge in [0.25, 0.3) is 0 Å². The summed E-state index contributed by atoms with van der Waals surface area (Å²) in [6.07, 6.45) is 0.722.